The molecule has 1 heterocycles. The average Bonchev–Trinajstić information content (AvgIpc) is 2.03. The Morgan fingerprint density at radius 2 is 1.77 bits per heavy atom. The standard InChI is InChI=1S/C6H12N3O3S/c1-13(11,12)7-9-4-2-8(6-10)3-5-9/h7H,2-5H2,1H3. The quantitative estimate of drug-likeness (QED) is 0.587. The van der Waals surface area contributed by atoms with E-state index >= 15 is 0 Å². The molecule has 0 atom stereocenters. The van der Waals surface area contributed by atoms with Gasteiger partial charge < -0.3 is 4.90 Å². The number of piperazine rings is 1. The van der Waals surface area contributed by atoms with Crippen molar-refractivity contribution in [1.82, 2.24) is 14.7 Å². The maximum Gasteiger partial charge on any atom is 0.312 e. The molecule has 1 saturated heterocycles. The van der Waals surface area contributed by atoms with Crippen LogP contribution in [-0.4, -0.2) is 57.2 Å². The number of sulfonamides is 1. The molecule has 1 radical (unpaired) electrons. The average molecular weight is 206 g/mol. The van der Waals surface area contributed by atoms with Crippen molar-refractivity contribution >= 4 is 16.4 Å². The van der Waals surface area contributed by atoms with Gasteiger partial charge in [-0.15, -0.1) is 4.83 Å². The zero-order valence-electron chi connectivity index (χ0n) is 7.36. The van der Waals surface area contributed by atoms with Gasteiger partial charge >= 0.3 is 6.41 Å². The Bertz CT molecular complexity index is 269. The fourth-order valence-electron chi connectivity index (χ4n) is 1.12. The van der Waals surface area contributed by atoms with Crippen molar-refractivity contribution < 1.29 is 13.2 Å². The molecule has 1 rings (SSSR count). The molecule has 7 heteroatoms. The number of hydrogen-bond acceptors (Lipinski definition) is 4. The molecule has 1 N–H and O–H groups in total. The summed E-state index contributed by atoms with van der Waals surface area (Å²) in [5.74, 6) is 0. The van der Waals surface area contributed by atoms with Gasteiger partial charge in [-0.05, 0) is 0 Å². The first kappa shape index (κ1) is 10.4. The smallest absolute Gasteiger partial charge is 0.312 e. The zero-order chi connectivity index (χ0) is 9.90. The zero-order valence-corrected chi connectivity index (χ0v) is 8.17. The van der Waals surface area contributed by atoms with Crippen LogP contribution in [0.25, 0.3) is 0 Å². The molecule has 0 bridgehead atoms. The Morgan fingerprint density at radius 1 is 1.23 bits per heavy atom. The molecule has 6 nitrogen and oxygen atoms in total. The van der Waals surface area contributed by atoms with Crippen molar-refractivity contribution in [1.29, 1.82) is 0 Å². The van der Waals surface area contributed by atoms with E-state index < -0.39 is 10.0 Å². The Labute approximate surface area is 77.5 Å². The van der Waals surface area contributed by atoms with E-state index in [9.17, 15) is 13.2 Å². The Kier molecular flexibility index (Phi) is 3.23. The van der Waals surface area contributed by atoms with Crippen molar-refractivity contribution in [2.45, 2.75) is 0 Å². The molecule has 1 aliphatic heterocycles. The highest BCUT2D eigenvalue weighted by Gasteiger charge is 2.17. The predicted octanol–water partition coefficient (Wildman–Crippen LogP) is -1.86. The molecule has 0 aromatic rings. The minimum Gasteiger partial charge on any atom is -0.332 e. The van der Waals surface area contributed by atoms with Gasteiger partial charge in [0.1, 0.15) is 0 Å². The molecule has 13 heavy (non-hydrogen) atoms. The van der Waals surface area contributed by atoms with Crippen molar-refractivity contribution in [2.24, 2.45) is 0 Å². The molecule has 1 fully saturated rings. The monoisotopic (exact) mass is 206 g/mol. The number of amides is 1. The second-order valence-corrected chi connectivity index (χ2v) is 4.66. The van der Waals surface area contributed by atoms with E-state index in [0.717, 1.165) is 6.26 Å². The van der Waals surface area contributed by atoms with Gasteiger partial charge in [0.15, 0.2) is 0 Å². The SMILES string of the molecule is CS(=O)(=O)NN1CCN([C]=O)CC1. The van der Waals surface area contributed by atoms with Crippen molar-refractivity contribution in [3.63, 3.8) is 0 Å². The van der Waals surface area contributed by atoms with Gasteiger partial charge in [0.05, 0.1) is 6.26 Å². The summed E-state index contributed by atoms with van der Waals surface area (Å²) in [5.41, 5.74) is 0. The van der Waals surface area contributed by atoms with Crippen LogP contribution in [0.5, 0.6) is 0 Å². The van der Waals surface area contributed by atoms with Crippen molar-refractivity contribution in [2.75, 3.05) is 32.4 Å². The maximum atomic E-state index is 10.8. The first-order chi connectivity index (χ1) is 6.01. The highest BCUT2D eigenvalue weighted by atomic mass is 32.2. The van der Waals surface area contributed by atoms with Crippen molar-refractivity contribution in [3.05, 3.63) is 0 Å². The number of rotatable bonds is 3. The van der Waals surface area contributed by atoms with Gasteiger partial charge in [-0.1, -0.05) is 0 Å². The second kappa shape index (κ2) is 4.03. The lowest BCUT2D eigenvalue weighted by Gasteiger charge is -2.31. The van der Waals surface area contributed by atoms with E-state index in [-0.39, 0.29) is 0 Å². The molecule has 0 aromatic carbocycles. The topological polar surface area (TPSA) is 69.7 Å². The van der Waals surface area contributed by atoms with Gasteiger partial charge in [0.25, 0.3) is 0 Å². The highest BCUT2D eigenvalue weighted by molar-refractivity contribution is 7.88. The van der Waals surface area contributed by atoms with Crippen LogP contribution in [0.1, 0.15) is 0 Å². The highest BCUT2D eigenvalue weighted by Crippen LogP contribution is 1.96. The molecular formula is C6H12N3O3S. The van der Waals surface area contributed by atoms with E-state index in [0.29, 0.717) is 26.2 Å². The minimum atomic E-state index is -3.19. The number of carbonyl (C=O) groups excluding carboxylic acids is 1. The van der Waals surface area contributed by atoms with Crippen LogP contribution in [0.15, 0.2) is 0 Å². The van der Waals surface area contributed by atoms with Crippen LogP contribution in [0.2, 0.25) is 0 Å². The number of hydrogen-bond donors (Lipinski definition) is 1. The molecular weight excluding hydrogens is 194 g/mol. The van der Waals surface area contributed by atoms with Gasteiger partial charge in [0, 0.05) is 26.2 Å². The molecule has 0 aromatic heterocycles. The molecule has 0 unspecified atom stereocenters. The summed E-state index contributed by atoms with van der Waals surface area (Å²) in [5, 5.41) is 1.57. The minimum absolute atomic E-state index is 0.502. The summed E-state index contributed by atoms with van der Waals surface area (Å²) in [6.45, 7) is 2.02. The number of hydrazine groups is 1. The van der Waals surface area contributed by atoms with E-state index in [2.05, 4.69) is 4.83 Å². The first-order valence-corrected chi connectivity index (χ1v) is 5.75. The first-order valence-electron chi connectivity index (χ1n) is 3.86. The van der Waals surface area contributed by atoms with Crippen LogP contribution >= 0.6 is 0 Å². The van der Waals surface area contributed by atoms with E-state index in [1.54, 1.807) is 11.4 Å². The Balaban J connectivity index is 2.37. The van der Waals surface area contributed by atoms with Crippen LogP contribution < -0.4 is 4.83 Å². The summed E-state index contributed by atoms with van der Waals surface area (Å²) in [6.07, 6.45) is 2.87. The third kappa shape index (κ3) is 3.71. The third-order valence-electron chi connectivity index (χ3n) is 1.70. The third-order valence-corrected chi connectivity index (χ3v) is 2.29. The van der Waals surface area contributed by atoms with E-state index in [1.807, 2.05) is 0 Å². The summed E-state index contributed by atoms with van der Waals surface area (Å²) in [7, 11) is -3.19. The van der Waals surface area contributed by atoms with Gasteiger partial charge in [-0.3, -0.25) is 4.79 Å². The molecule has 0 saturated carbocycles. The summed E-state index contributed by atoms with van der Waals surface area (Å²) >= 11 is 0. The van der Waals surface area contributed by atoms with Crippen LogP contribution in [-0.2, 0) is 14.8 Å². The summed E-state index contributed by atoms with van der Waals surface area (Å²) in [4.78, 5) is 14.0. The molecule has 0 spiro atoms. The van der Waals surface area contributed by atoms with Gasteiger partial charge in [-0.25, -0.2) is 13.4 Å². The maximum absolute atomic E-state index is 10.8. The van der Waals surface area contributed by atoms with Gasteiger partial charge in [0.2, 0.25) is 10.0 Å². The predicted molar refractivity (Wildman–Crippen MR) is 46.8 cm³/mol. The lowest BCUT2D eigenvalue weighted by molar-refractivity contribution is 0.157. The summed E-state index contributed by atoms with van der Waals surface area (Å²) in [6, 6.07) is 0. The normalized spacial score (nSPS) is 20.2. The largest absolute Gasteiger partial charge is 0.332 e. The fraction of sp³-hybridized carbons (Fsp3) is 0.833. The molecule has 0 aliphatic carbocycles. The fourth-order valence-corrected chi connectivity index (χ4v) is 1.78. The Hall–Kier alpha value is -0.660. The molecule has 1 amide bonds. The Morgan fingerprint density at radius 3 is 2.15 bits per heavy atom. The van der Waals surface area contributed by atoms with Crippen LogP contribution in [0.4, 0.5) is 0 Å². The molecule has 1 aliphatic rings. The second-order valence-electron chi connectivity index (χ2n) is 2.93. The number of nitrogens with one attached hydrogen (secondary N) is 1. The van der Waals surface area contributed by atoms with Crippen LogP contribution in [0.3, 0.4) is 0 Å². The van der Waals surface area contributed by atoms with E-state index in [4.69, 9.17) is 0 Å². The van der Waals surface area contributed by atoms with E-state index in [1.165, 1.54) is 4.90 Å². The summed E-state index contributed by atoms with van der Waals surface area (Å²) < 4.78 is 21.6. The lowest BCUT2D eigenvalue weighted by atomic mass is 10.4. The number of nitrogens with zero attached hydrogens (tertiary/aromatic N) is 2. The van der Waals surface area contributed by atoms with Gasteiger partial charge in [-0.2, -0.15) is 0 Å². The van der Waals surface area contributed by atoms with Crippen molar-refractivity contribution in [3.8, 4) is 0 Å². The van der Waals surface area contributed by atoms with Crippen LogP contribution in [0, 0.1) is 0 Å². The lowest BCUT2D eigenvalue weighted by Crippen LogP contribution is -2.52. The molecule has 75 valence electrons.